The first kappa shape index (κ1) is 22.4. The predicted molar refractivity (Wildman–Crippen MR) is 125 cm³/mol. The molecule has 1 amide bonds. The number of aromatic nitrogens is 2. The molecule has 0 radical (unpaired) electrons. The molecule has 1 heterocycles. The number of hydrogen-bond donors (Lipinski definition) is 4. The van der Waals surface area contributed by atoms with Gasteiger partial charge in [0.05, 0.1) is 6.33 Å². The zero-order chi connectivity index (χ0) is 22.1. The summed E-state index contributed by atoms with van der Waals surface area (Å²) in [5.74, 6) is -0.765. The van der Waals surface area contributed by atoms with Crippen molar-refractivity contribution in [3.8, 4) is 11.1 Å². The Morgan fingerprint density at radius 3 is 2.68 bits per heavy atom. The maximum absolute atomic E-state index is 13.0. The van der Waals surface area contributed by atoms with Crippen molar-refractivity contribution >= 4 is 29.3 Å². The maximum atomic E-state index is 13.0. The lowest BCUT2D eigenvalue weighted by molar-refractivity contribution is -0.139. The molecule has 0 saturated carbocycles. The minimum Gasteiger partial charge on any atom is -0.480 e. The fourth-order valence-electron chi connectivity index (χ4n) is 3.20. The van der Waals surface area contributed by atoms with Gasteiger partial charge in [0.2, 0.25) is 0 Å². The van der Waals surface area contributed by atoms with Crippen LogP contribution in [0.15, 0.2) is 61.1 Å². The van der Waals surface area contributed by atoms with E-state index in [1.807, 2.05) is 48.7 Å². The fourth-order valence-corrected chi connectivity index (χ4v) is 3.67. The second-order valence-electron chi connectivity index (χ2n) is 7.03. The molecular weight excluding hydrogens is 412 g/mol. The molecule has 7 nitrogen and oxygen atoms in total. The average molecular weight is 439 g/mol. The highest BCUT2D eigenvalue weighted by Crippen LogP contribution is 2.27. The molecule has 0 aliphatic heterocycles. The zero-order valence-corrected chi connectivity index (χ0v) is 18.1. The summed E-state index contributed by atoms with van der Waals surface area (Å²) >= 11 is 1.55. The van der Waals surface area contributed by atoms with Gasteiger partial charge in [0, 0.05) is 36.1 Å². The molecule has 8 heteroatoms. The Bertz CT molecular complexity index is 993. The Balaban J connectivity index is 1.81. The van der Waals surface area contributed by atoms with Crippen molar-refractivity contribution in [2.75, 3.05) is 23.9 Å². The van der Waals surface area contributed by atoms with Crippen LogP contribution in [-0.2, 0) is 11.2 Å². The Kier molecular flexibility index (Phi) is 8.12. The van der Waals surface area contributed by atoms with Crippen molar-refractivity contribution in [3.05, 3.63) is 72.3 Å². The molecule has 2 aromatic carbocycles. The van der Waals surface area contributed by atoms with Crippen LogP contribution in [0.1, 0.15) is 22.5 Å². The van der Waals surface area contributed by atoms with Gasteiger partial charge in [-0.1, -0.05) is 30.3 Å². The summed E-state index contributed by atoms with van der Waals surface area (Å²) in [7, 11) is 0. The van der Waals surface area contributed by atoms with Crippen LogP contribution >= 0.6 is 11.8 Å². The second-order valence-corrected chi connectivity index (χ2v) is 8.01. The number of anilines is 1. The molecule has 3 aromatic rings. The smallest absolute Gasteiger partial charge is 0.326 e. The van der Waals surface area contributed by atoms with Crippen LogP contribution in [0, 0.1) is 0 Å². The standard InChI is InChI=1S/C23H26N4O3S/c1-31-12-10-21(23(29)30)27-22(28)19-8-7-17(25-11-9-18-14-24-15-26-18)13-20(19)16-5-3-2-4-6-16/h2-8,13-15,21,25H,9-12H2,1H3,(H,24,26)(H,27,28)(H,29,30)/t21-/m0/s1. The molecule has 0 unspecified atom stereocenters. The van der Waals surface area contributed by atoms with Crippen molar-refractivity contribution in [1.29, 1.82) is 0 Å². The van der Waals surface area contributed by atoms with E-state index in [1.54, 1.807) is 30.4 Å². The Morgan fingerprint density at radius 1 is 1.19 bits per heavy atom. The monoisotopic (exact) mass is 438 g/mol. The number of aliphatic carboxylic acids is 1. The van der Waals surface area contributed by atoms with Crippen LogP contribution in [0.25, 0.3) is 11.1 Å². The maximum Gasteiger partial charge on any atom is 0.326 e. The van der Waals surface area contributed by atoms with Gasteiger partial charge in [-0.05, 0) is 47.8 Å². The number of imidazole rings is 1. The number of hydrogen-bond acceptors (Lipinski definition) is 5. The number of H-pyrrole nitrogens is 1. The van der Waals surface area contributed by atoms with Crippen molar-refractivity contribution in [3.63, 3.8) is 0 Å². The SMILES string of the molecule is CSCC[C@H](NC(=O)c1ccc(NCCc2cnc[nH]2)cc1-c1ccccc1)C(=O)O. The number of carboxylic acid groups (broad SMARTS) is 1. The van der Waals surface area contributed by atoms with Crippen molar-refractivity contribution in [2.24, 2.45) is 0 Å². The number of nitrogens with one attached hydrogen (secondary N) is 3. The van der Waals surface area contributed by atoms with Gasteiger partial charge in [-0.25, -0.2) is 9.78 Å². The summed E-state index contributed by atoms with van der Waals surface area (Å²) < 4.78 is 0. The number of nitrogens with zero attached hydrogens (tertiary/aromatic N) is 1. The summed E-state index contributed by atoms with van der Waals surface area (Å²) in [6.07, 6.45) is 6.52. The lowest BCUT2D eigenvalue weighted by atomic mass is 9.98. The number of benzene rings is 2. The van der Waals surface area contributed by atoms with Gasteiger partial charge >= 0.3 is 5.97 Å². The molecule has 0 aliphatic rings. The third-order valence-electron chi connectivity index (χ3n) is 4.84. The summed E-state index contributed by atoms with van der Waals surface area (Å²) in [6.45, 7) is 0.706. The van der Waals surface area contributed by atoms with Crippen molar-refractivity contribution < 1.29 is 14.7 Å². The predicted octanol–water partition coefficient (Wildman–Crippen LogP) is 3.67. The van der Waals surface area contributed by atoms with Crippen molar-refractivity contribution in [1.82, 2.24) is 15.3 Å². The number of amides is 1. The molecule has 0 fully saturated rings. The van der Waals surface area contributed by atoms with Crippen LogP contribution in [0.3, 0.4) is 0 Å². The highest BCUT2D eigenvalue weighted by atomic mass is 32.2. The van der Waals surface area contributed by atoms with E-state index < -0.39 is 17.9 Å². The summed E-state index contributed by atoms with van der Waals surface area (Å²) in [5.41, 5.74) is 4.00. The first-order valence-electron chi connectivity index (χ1n) is 10.0. The summed E-state index contributed by atoms with van der Waals surface area (Å²) in [6, 6.07) is 14.2. The van der Waals surface area contributed by atoms with E-state index in [1.165, 1.54) is 0 Å². The van der Waals surface area contributed by atoms with E-state index >= 15 is 0 Å². The average Bonchev–Trinajstić information content (AvgIpc) is 3.30. The van der Waals surface area contributed by atoms with E-state index in [0.717, 1.165) is 28.9 Å². The highest BCUT2D eigenvalue weighted by Gasteiger charge is 2.22. The van der Waals surface area contributed by atoms with Crippen LogP contribution in [-0.4, -0.2) is 51.5 Å². The van der Waals surface area contributed by atoms with Gasteiger partial charge in [-0.15, -0.1) is 0 Å². The number of carbonyl (C=O) groups is 2. The summed E-state index contributed by atoms with van der Waals surface area (Å²) in [4.78, 5) is 31.6. The van der Waals surface area contributed by atoms with E-state index in [0.29, 0.717) is 24.3 Å². The molecule has 0 saturated heterocycles. The van der Waals surface area contributed by atoms with Crippen molar-refractivity contribution in [2.45, 2.75) is 18.9 Å². The zero-order valence-electron chi connectivity index (χ0n) is 17.3. The largest absolute Gasteiger partial charge is 0.480 e. The van der Waals surface area contributed by atoms with Crippen LogP contribution in [0.4, 0.5) is 5.69 Å². The molecule has 162 valence electrons. The Labute approximate surface area is 185 Å². The minimum atomic E-state index is -1.03. The van der Waals surface area contributed by atoms with Gasteiger partial charge in [0.15, 0.2) is 0 Å². The Morgan fingerprint density at radius 2 is 2.00 bits per heavy atom. The first-order chi connectivity index (χ1) is 15.1. The van der Waals surface area contributed by atoms with E-state index in [9.17, 15) is 14.7 Å². The molecule has 3 rings (SSSR count). The van der Waals surface area contributed by atoms with Crippen LogP contribution < -0.4 is 10.6 Å². The molecule has 1 aromatic heterocycles. The minimum absolute atomic E-state index is 0.371. The van der Waals surface area contributed by atoms with Gasteiger partial charge in [0.25, 0.3) is 5.91 Å². The normalized spacial score (nSPS) is 11.6. The third kappa shape index (κ3) is 6.36. The van der Waals surface area contributed by atoms with Crippen LogP contribution in [0.5, 0.6) is 0 Å². The first-order valence-corrected chi connectivity index (χ1v) is 11.4. The molecule has 0 spiro atoms. The molecule has 0 bridgehead atoms. The third-order valence-corrected chi connectivity index (χ3v) is 5.49. The topological polar surface area (TPSA) is 107 Å². The number of thioether (sulfide) groups is 1. The molecule has 0 aliphatic carbocycles. The molecule has 1 atom stereocenters. The van der Waals surface area contributed by atoms with E-state index in [-0.39, 0.29) is 0 Å². The number of carbonyl (C=O) groups excluding carboxylic acids is 1. The van der Waals surface area contributed by atoms with Crippen LogP contribution in [0.2, 0.25) is 0 Å². The quantitative estimate of drug-likeness (QED) is 0.364. The fraction of sp³-hybridized carbons (Fsp3) is 0.261. The molecule has 31 heavy (non-hydrogen) atoms. The lowest BCUT2D eigenvalue weighted by Crippen LogP contribution is -2.41. The Hall–Kier alpha value is -3.26. The summed E-state index contributed by atoms with van der Waals surface area (Å²) in [5, 5.41) is 15.5. The highest BCUT2D eigenvalue weighted by molar-refractivity contribution is 7.98. The molecular formula is C23H26N4O3S. The lowest BCUT2D eigenvalue weighted by Gasteiger charge is -2.17. The number of rotatable bonds is 11. The van der Waals surface area contributed by atoms with Gasteiger partial charge < -0.3 is 20.7 Å². The van der Waals surface area contributed by atoms with E-state index in [4.69, 9.17) is 0 Å². The van der Waals surface area contributed by atoms with Gasteiger partial charge in [0.1, 0.15) is 6.04 Å². The number of aromatic amines is 1. The molecule has 4 N–H and O–H groups in total. The number of carboxylic acids is 1. The van der Waals surface area contributed by atoms with Gasteiger partial charge in [-0.2, -0.15) is 11.8 Å². The van der Waals surface area contributed by atoms with Gasteiger partial charge in [-0.3, -0.25) is 4.79 Å². The van der Waals surface area contributed by atoms with E-state index in [2.05, 4.69) is 20.6 Å². The second kappa shape index (κ2) is 11.2.